The molecule has 0 spiro atoms. The lowest BCUT2D eigenvalue weighted by Crippen LogP contribution is -2.25. The summed E-state index contributed by atoms with van der Waals surface area (Å²) >= 11 is 0. The smallest absolute Gasteiger partial charge is 0.139 e. The van der Waals surface area contributed by atoms with Crippen LogP contribution < -0.4 is 10.6 Å². The first-order chi connectivity index (χ1) is 7.97. The number of hydrogen-bond acceptors (Lipinski definition) is 3. The van der Waals surface area contributed by atoms with Gasteiger partial charge < -0.3 is 10.6 Å². The SMILES string of the molecule is CCCCN(C)c1nc(C)cc(C)c1C(=N)N. The van der Waals surface area contributed by atoms with Crippen LogP contribution in [-0.4, -0.2) is 24.4 Å². The zero-order chi connectivity index (χ0) is 13.0. The Morgan fingerprint density at radius 1 is 1.47 bits per heavy atom. The summed E-state index contributed by atoms with van der Waals surface area (Å²) in [5.41, 5.74) is 8.39. The molecular formula is C13H22N4. The molecule has 4 heteroatoms. The molecule has 0 aromatic carbocycles. The zero-order valence-corrected chi connectivity index (χ0v) is 11.2. The molecule has 0 amide bonds. The number of nitrogens with two attached hydrogens (primary N) is 1. The average molecular weight is 234 g/mol. The van der Waals surface area contributed by atoms with Crippen molar-refractivity contribution >= 4 is 11.7 Å². The van der Waals surface area contributed by atoms with Crippen LogP contribution in [0, 0.1) is 19.3 Å². The number of unbranched alkanes of at least 4 members (excludes halogenated alkanes) is 1. The minimum absolute atomic E-state index is 0.0911. The van der Waals surface area contributed by atoms with Gasteiger partial charge in [-0.05, 0) is 31.9 Å². The van der Waals surface area contributed by atoms with Crippen molar-refractivity contribution in [3.05, 3.63) is 22.9 Å². The van der Waals surface area contributed by atoms with Crippen LogP contribution in [0.4, 0.5) is 5.82 Å². The number of hydrogen-bond donors (Lipinski definition) is 2. The number of aryl methyl sites for hydroxylation is 2. The van der Waals surface area contributed by atoms with Crippen molar-refractivity contribution in [2.24, 2.45) is 5.73 Å². The van der Waals surface area contributed by atoms with Gasteiger partial charge in [0.25, 0.3) is 0 Å². The summed E-state index contributed by atoms with van der Waals surface area (Å²) in [6, 6.07) is 1.97. The molecule has 0 saturated carbocycles. The quantitative estimate of drug-likeness (QED) is 0.606. The van der Waals surface area contributed by atoms with Crippen molar-refractivity contribution in [2.75, 3.05) is 18.5 Å². The predicted molar refractivity (Wildman–Crippen MR) is 72.9 cm³/mol. The molecule has 3 N–H and O–H groups in total. The van der Waals surface area contributed by atoms with Gasteiger partial charge in [0.05, 0.1) is 5.56 Å². The second-order valence-electron chi connectivity index (χ2n) is 4.47. The largest absolute Gasteiger partial charge is 0.384 e. The normalized spacial score (nSPS) is 10.4. The molecular weight excluding hydrogens is 212 g/mol. The number of amidine groups is 1. The lowest BCUT2D eigenvalue weighted by atomic mass is 10.1. The molecule has 1 rings (SSSR count). The highest BCUT2D eigenvalue weighted by atomic mass is 15.2. The highest BCUT2D eigenvalue weighted by Crippen LogP contribution is 2.21. The van der Waals surface area contributed by atoms with Gasteiger partial charge in [-0.25, -0.2) is 4.98 Å². The fraction of sp³-hybridized carbons (Fsp3) is 0.538. The van der Waals surface area contributed by atoms with Crippen molar-refractivity contribution in [3.8, 4) is 0 Å². The van der Waals surface area contributed by atoms with E-state index in [9.17, 15) is 0 Å². The Labute approximate surface area is 103 Å². The number of aromatic nitrogens is 1. The van der Waals surface area contributed by atoms with Gasteiger partial charge in [-0.3, -0.25) is 5.41 Å². The summed E-state index contributed by atoms with van der Waals surface area (Å²) in [6.45, 7) is 7.04. The Bertz CT molecular complexity index is 412. The molecule has 0 radical (unpaired) electrons. The minimum atomic E-state index is 0.0911. The molecule has 0 aliphatic heterocycles. The van der Waals surface area contributed by atoms with E-state index < -0.39 is 0 Å². The van der Waals surface area contributed by atoms with E-state index in [1.807, 2.05) is 27.0 Å². The third-order valence-electron chi connectivity index (χ3n) is 2.80. The molecule has 0 saturated heterocycles. The number of anilines is 1. The number of pyridine rings is 1. The fourth-order valence-electron chi connectivity index (χ4n) is 1.93. The maximum absolute atomic E-state index is 7.67. The summed E-state index contributed by atoms with van der Waals surface area (Å²) < 4.78 is 0. The molecule has 0 atom stereocenters. The third-order valence-corrected chi connectivity index (χ3v) is 2.80. The maximum Gasteiger partial charge on any atom is 0.139 e. The van der Waals surface area contributed by atoms with Crippen molar-refractivity contribution in [2.45, 2.75) is 33.6 Å². The Balaban J connectivity index is 3.15. The van der Waals surface area contributed by atoms with E-state index >= 15 is 0 Å². The topological polar surface area (TPSA) is 66.0 Å². The summed E-state index contributed by atoms with van der Waals surface area (Å²) in [7, 11) is 2.00. The summed E-state index contributed by atoms with van der Waals surface area (Å²) in [5.74, 6) is 0.914. The van der Waals surface area contributed by atoms with Gasteiger partial charge >= 0.3 is 0 Å². The Morgan fingerprint density at radius 2 is 2.12 bits per heavy atom. The lowest BCUT2D eigenvalue weighted by molar-refractivity contribution is 0.757. The first kappa shape index (κ1) is 13.5. The highest BCUT2D eigenvalue weighted by Gasteiger charge is 2.14. The van der Waals surface area contributed by atoms with Gasteiger partial charge in [0.1, 0.15) is 11.7 Å². The van der Waals surface area contributed by atoms with E-state index in [4.69, 9.17) is 11.1 Å². The fourth-order valence-corrected chi connectivity index (χ4v) is 1.93. The van der Waals surface area contributed by atoms with E-state index in [0.29, 0.717) is 0 Å². The molecule has 17 heavy (non-hydrogen) atoms. The zero-order valence-electron chi connectivity index (χ0n) is 11.2. The summed E-state index contributed by atoms with van der Waals surface area (Å²) in [5, 5.41) is 7.67. The first-order valence-electron chi connectivity index (χ1n) is 6.01. The van der Waals surface area contributed by atoms with Crippen LogP contribution >= 0.6 is 0 Å². The molecule has 94 valence electrons. The molecule has 1 heterocycles. The summed E-state index contributed by atoms with van der Waals surface area (Å²) in [6.07, 6.45) is 2.26. The molecule has 0 unspecified atom stereocenters. The molecule has 4 nitrogen and oxygen atoms in total. The molecule has 0 aliphatic rings. The van der Waals surface area contributed by atoms with Gasteiger partial charge in [-0.15, -0.1) is 0 Å². The van der Waals surface area contributed by atoms with Crippen LogP contribution in [-0.2, 0) is 0 Å². The Morgan fingerprint density at radius 3 is 2.65 bits per heavy atom. The van der Waals surface area contributed by atoms with Gasteiger partial charge in [0.15, 0.2) is 0 Å². The average Bonchev–Trinajstić information content (AvgIpc) is 2.23. The first-order valence-corrected chi connectivity index (χ1v) is 6.01. The second kappa shape index (κ2) is 5.66. The number of nitrogen functional groups attached to an aromatic ring is 1. The molecule has 0 fully saturated rings. The third kappa shape index (κ3) is 3.19. The van der Waals surface area contributed by atoms with Gasteiger partial charge in [-0.1, -0.05) is 13.3 Å². The molecule has 0 bridgehead atoms. The molecule has 1 aromatic rings. The number of nitrogens with zero attached hydrogens (tertiary/aromatic N) is 2. The van der Waals surface area contributed by atoms with E-state index in [0.717, 1.165) is 42.0 Å². The van der Waals surface area contributed by atoms with Crippen LogP contribution in [0.25, 0.3) is 0 Å². The van der Waals surface area contributed by atoms with E-state index in [1.54, 1.807) is 0 Å². The Kier molecular flexibility index (Phi) is 4.49. The van der Waals surface area contributed by atoms with E-state index in [-0.39, 0.29) is 5.84 Å². The second-order valence-corrected chi connectivity index (χ2v) is 4.47. The van der Waals surface area contributed by atoms with Crippen LogP contribution in [0.5, 0.6) is 0 Å². The van der Waals surface area contributed by atoms with Crippen molar-refractivity contribution in [1.29, 1.82) is 5.41 Å². The van der Waals surface area contributed by atoms with Crippen LogP contribution in [0.2, 0.25) is 0 Å². The predicted octanol–water partition coefficient (Wildman–Crippen LogP) is 2.22. The number of nitrogens with one attached hydrogen (secondary N) is 1. The highest BCUT2D eigenvalue weighted by molar-refractivity contribution is 6.01. The van der Waals surface area contributed by atoms with Crippen molar-refractivity contribution in [1.82, 2.24) is 4.98 Å². The Hall–Kier alpha value is -1.58. The van der Waals surface area contributed by atoms with E-state index in [2.05, 4.69) is 16.8 Å². The van der Waals surface area contributed by atoms with Crippen molar-refractivity contribution in [3.63, 3.8) is 0 Å². The van der Waals surface area contributed by atoms with E-state index in [1.165, 1.54) is 0 Å². The summed E-state index contributed by atoms with van der Waals surface area (Å²) in [4.78, 5) is 6.60. The van der Waals surface area contributed by atoms with Crippen LogP contribution in [0.1, 0.15) is 36.6 Å². The van der Waals surface area contributed by atoms with Crippen LogP contribution in [0.3, 0.4) is 0 Å². The number of rotatable bonds is 5. The lowest BCUT2D eigenvalue weighted by Gasteiger charge is -2.22. The van der Waals surface area contributed by atoms with Gasteiger partial charge in [0.2, 0.25) is 0 Å². The minimum Gasteiger partial charge on any atom is -0.384 e. The maximum atomic E-state index is 7.67. The van der Waals surface area contributed by atoms with Gasteiger partial charge in [-0.2, -0.15) is 0 Å². The molecule has 0 aliphatic carbocycles. The monoisotopic (exact) mass is 234 g/mol. The van der Waals surface area contributed by atoms with Crippen LogP contribution in [0.15, 0.2) is 6.07 Å². The van der Waals surface area contributed by atoms with Crippen molar-refractivity contribution < 1.29 is 0 Å². The standard InChI is InChI=1S/C13H22N4/c1-5-6-7-17(4)13-11(12(14)15)9(2)8-10(3)16-13/h8H,5-7H2,1-4H3,(H3,14,15). The van der Waals surface area contributed by atoms with Gasteiger partial charge in [0, 0.05) is 19.3 Å². The molecule has 1 aromatic heterocycles.